The number of hydrogen-bond donors (Lipinski definition) is 5. The van der Waals surface area contributed by atoms with Crippen LogP contribution in [0.2, 0.25) is 5.15 Å². The number of guanidine groups is 1. The van der Waals surface area contributed by atoms with Gasteiger partial charge >= 0.3 is 5.91 Å². The lowest BCUT2D eigenvalue weighted by atomic mass is 9.91. The Morgan fingerprint density at radius 3 is 2.63 bits per heavy atom. The van der Waals surface area contributed by atoms with E-state index in [2.05, 4.69) is 25.4 Å². The van der Waals surface area contributed by atoms with Crippen molar-refractivity contribution in [3.63, 3.8) is 0 Å². The third-order valence-corrected chi connectivity index (χ3v) is 4.34. The number of aliphatic imine (C=N–C) groups is 1. The average Bonchev–Trinajstić information content (AvgIpc) is 2.62. The fraction of sp³-hybridized carbons (Fsp3) is 0.429. The van der Waals surface area contributed by atoms with Gasteiger partial charge in [-0.3, -0.25) is 14.6 Å². The van der Waals surface area contributed by atoms with E-state index < -0.39 is 17.9 Å². The van der Waals surface area contributed by atoms with Crippen LogP contribution in [0, 0.1) is 5.92 Å². The van der Waals surface area contributed by atoms with Crippen molar-refractivity contribution in [2.24, 2.45) is 27.5 Å². The highest BCUT2D eigenvalue weighted by atomic mass is 35.5. The molecule has 1 aliphatic rings. The molecule has 2 heterocycles. The lowest BCUT2D eigenvalue weighted by molar-refractivity contribution is -0.125. The molecule has 13 heteroatoms. The molecule has 1 aliphatic heterocycles. The van der Waals surface area contributed by atoms with E-state index >= 15 is 0 Å². The van der Waals surface area contributed by atoms with Crippen molar-refractivity contribution >= 4 is 47.7 Å². The van der Waals surface area contributed by atoms with Gasteiger partial charge in [0.25, 0.3) is 0 Å². The highest BCUT2D eigenvalue weighted by Gasteiger charge is 2.31. The molecule has 0 bridgehead atoms. The number of carbonyl (C=O) groups is 2. The van der Waals surface area contributed by atoms with E-state index in [1.165, 1.54) is 5.01 Å². The van der Waals surface area contributed by atoms with Crippen molar-refractivity contribution in [1.29, 1.82) is 0 Å². The van der Waals surface area contributed by atoms with Crippen LogP contribution >= 0.6 is 11.6 Å². The molecule has 0 saturated carbocycles. The number of primary amides is 1. The Bertz CT molecular complexity index is 783. The standard InChI is InChI=1S/C14H20ClN10O2/c1-20-25-3-2-6(4-7(25)12(18)26)5-21-14(19)24-13(27)8-10(16)23-11(17)9(15)22-8/h1,6-7H,2-5H2,(H2,18,26)(H4,16,17,23)(H3,19,21,24,27). The number of rotatable bonds is 5. The van der Waals surface area contributed by atoms with Gasteiger partial charge in [-0.15, -0.1) is 0 Å². The van der Waals surface area contributed by atoms with Crippen LogP contribution in [0.1, 0.15) is 23.3 Å². The Morgan fingerprint density at radius 1 is 1.30 bits per heavy atom. The zero-order valence-electron chi connectivity index (χ0n) is 14.3. The second-order valence-electron chi connectivity index (χ2n) is 5.90. The molecule has 9 N–H and O–H groups in total. The Labute approximate surface area is 160 Å². The number of nitrogen functional groups attached to an aromatic ring is 2. The Hall–Kier alpha value is -3.15. The first-order chi connectivity index (χ1) is 12.7. The van der Waals surface area contributed by atoms with Gasteiger partial charge in [0.15, 0.2) is 28.4 Å². The van der Waals surface area contributed by atoms with Crippen LogP contribution in [0.25, 0.3) is 0 Å². The Balaban J connectivity index is 1.98. The number of hydrazone groups is 1. The van der Waals surface area contributed by atoms with E-state index in [1.807, 2.05) is 0 Å². The number of aromatic nitrogens is 2. The summed E-state index contributed by atoms with van der Waals surface area (Å²) in [6, 6.07) is -0.595. The number of hydrogen-bond acceptors (Lipinski definition) is 8. The smallest absolute Gasteiger partial charge is 0.302 e. The SMILES string of the molecule is [CH]=NN1CCC(CNC(N)=NC(=O)c2nc(Cl)c(N)nc2N)CC1C(N)=O. The number of carbonyl (C=O) groups excluding carboxylic acids is 2. The van der Waals surface area contributed by atoms with Crippen molar-refractivity contribution in [1.82, 2.24) is 20.3 Å². The van der Waals surface area contributed by atoms with E-state index in [9.17, 15) is 9.59 Å². The van der Waals surface area contributed by atoms with Gasteiger partial charge in [-0.25, -0.2) is 9.97 Å². The molecule has 1 radical (unpaired) electrons. The fourth-order valence-electron chi connectivity index (χ4n) is 2.66. The van der Waals surface area contributed by atoms with E-state index in [0.29, 0.717) is 25.9 Å². The molecule has 2 atom stereocenters. The molecule has 1 aromatic heterocycles. The molecule has 1 fully saturated rings. The summed E-state index contributed by atoms with van der Waals surface area (Å²) in [5, 5.41) is 7.65. The second kappa shape index (κ2) is 8.49. The van der Waals surface area contributed by atoms with Crippen LogP contribution in [0.4, 0.5) is 11.6 Å². The summed E-state index contributed by atoms with van der Waals surface area (Å²) in [5.41, 5.74) is 21.9. The molecule has 0 spiro atoms. The quantitative estimate of drug-likeness (QED) is 0.287. The molecule has 12 nitrogen and oxygen atoms in total. The normalized spacial score (nSPS) is 20.2. The van der Waals surface area contributed by atoms with Crippen LogP contribution in [0.5, 0.6) is 0 Å². The van der Waals surface area contributed by atoms with Gasteiger partial charge in [-0.2, -0.15) is 10.1 Å². The van der Waals surface area contributed by atoms with E-state index in [-0.39, 0.29) is 34.4 Å². The summed E-state index contributed by atoms with van der Waals surface area (Å²) in [4.78, 5) is 34.8. The van der Waals surface area contributed by atoms with Crippen molar-refractivity contribution in [3.05, 3.63) is 10.8 Å². The minimum Gasteiger partial charge on any atom is -0.382 e. The maximum Gasteiger partial charge on any atom is 0.302 e. The minimum absolute atomic E-state index is 0.0557. The largest absolute Gasteiger partial charge is 0.382 e. The van der Waals surface area contributed by atoms with Gasteiger partial charge < -0.3 is 28.3 Å². The lowest BCUT2D eigenvalue weighted by Gasteiger charge is -2.35. The number of piperidine rings is 1. The molecule has 2 rings (SSSR count). The number of amides is 2. The van der Waals surface area contributed by atoms with Gasteiger partial charge in [0, 0.05) is 13.1 Å². The maximum absolute atomic E-state index is 12.1. The molecule has 1 saturated heterocycles. The van der Waals surface area contributed by atoms with Gasteiger partial charge in [-0.05, 0) is 18.8 Å². The maximum atomic E-state index is 12.1. The first-order valence-corrected chi connectivity index (χ1v) is 8.28. The van der Waals surface area contributed by atoms with Gasteiger partial charge in [-0.1, -0.05) is 11.6 Å². The van der Waals surface area contributed by atoms with E-state index in [0.717, 1.165) is 0 Å². The molecular weight excluding hydrogens is 376 g/mol. The topological polar surface area (TPSA) is 204 Å². The number of nitrogens with one attached hydrogen (secondary N) is 1. The molecule has 27 heavy (non-hydrogen) atoms. The zero-order valence-corrected chi connectivity index (χ0v) is 15.1. The summed E-state index contributed by atoms with van der Waals surface area (Å²) in [6.45, 7) is 6.10. The van der Waals surface area contributed by atoms with Crippen LogP contribution < -0.4 is 28.3 Å². The fourth-order valence-corrected chi connectivity index (χ4v) is 2.79. The molecular formula is C14H20ClN10O2. The molecule has 145 valence electrons. The third kappa shape index (κ3) is 4.94. The highest BCUT2D eigenvalue weighted by molar-refractivity contribution is 6.31. The van der Waals surface area contributed by atoms with Gasteiger partial charge in [0.05, 0.1) is 6.72 Å². The van der Waals surface area contributed by atoms with Gasteiger partial charge in [0.1, 0.15) is 6.04 Å². The van der Waals surface area contributed by atoms with Crippen LogP contribution in [0.15, 0.2) is 10.1 Å². The lowest BCUT2D eigenvalue weighted by Crippen LogP contribution is -2.49. The van der Waals surface area contributed by atoms with Crippen molar-refractivity contribution in [2.75, 3.05) is 24.6 Å². The molecule has 0 aromatic carbocycles. The molecule has 0 aliphatic carbocycles. The minimum atomic E-state index is -0.821. The summed E-state index contributed by atoms with van der Waals surface area (Å²) < 4.78 is 0. The Kier molecular flexibility index (Phi) is 6.34. The summed E-state index contributed by atoms with van der Waals surface area (Å²) in [7, 11) is 0. The number of anilines is 2. The number of nitrogens with zero attached hydrogens (tertiary/aromatic N) is 5. The average molecular weight is 396 g/mol. The Morgan fingerprint density at radius 2 is 2.00 bits per heavy atom. The monoisotopic (exact) mass is 395 g/mol. The van der Waals surface area contributed by atoms with E-state index in [1.54, 1.807) is 0 Å². The van der Waals surface area contributed by atoms with Crippen LogP contribution in [-0.4, -0.2) is 58.6 Å². The van der Waals surface area contributed by atoms with Crippen LogP contribution in [-0.2, 0) is 4.79 Å². The number of nitrogens with two attached hydrogens (primary N) is 4. The predicted molar refractivity (Wildman–Crippen MR) is 101 cm³/mol. The van der Waals surface area contributed by atoms with Crippen LogP contribution in [0.3, 0.4) is 0 Å². The summed E-state index contributed by atoms with van der Waals surface area (Å²) in [5.74, 6) is -1.73. The molecule has 2 amide bonds. The van der Waals surface area contributed by atoms with Crippen molar-refractivity contribution in [3.8, 4) is 0 Å². The first-order valence-electron chi connectivity index (χ1n) is 7.90. The van der Waals surface area contributed by atoms with Crippen molar-refractivity contribution < 1.29 is 9.59 Å². The van der Waals surface area contributed by atoms with Gasteiger partial charge in [0.2, 0.25) is 5.91 Å². The second-order valence-corrected chi connectivity index (χ2v) is 6.26. The highest BCUT2D eigenvalue weighted by Crippen LogP contribution is 2.22. The molecule has 2 unspecified atom stereocenters. The first kappa shape index (κ1) is 20.2. The zero-order chi connectivity index (χ0) is 20.1. The van der Waals surface area contributed by atoms with Crippen molar-refractivity contribution in [2.45, 2.75) is 18.9 Å². The number of halogens is 1. The molecule has 1 aromatic rings. The van der Waals surface area contributed by atoms with E-state index in [4.69, 9.17) is 41.3 Å². The third-order valence-electron chi connectivity index (χ3n) is 4.06. The summed E-state index contributed by atoms with van der Waals surface area (Å²) in [6.07, 6.45) is 1.14. The predicted octanol–water partition coefficient (Wildman–Crippen LogP) is -1.60. The summed E-state index contributed by atoms with van der Waals surface area (Å²) >= 11 is 5.73.